The number of aliphatic carboxylic acids is 1. The number of hydrogen-bond acceptors (Lipinski definition) is 4. The number of halogens is 1. The van der Waals surface area contributed by atoms with Crippen molar-refractivity contribution in [2.45, 2.75) is 6.92 Å². The third-order valence-electron chi connectivity index (χ3n) is 2.02. The van der Waals surface area contributed by atoms with Gasteiger partial charge in [-0.2, -0.15) is 5.10 Å². The number of thiocarbonyl (C=S) groups is 1. The van der Waals surface area contributed by atoms with Gasteiger partial charge in [0.05, 0.1) is 10.7 Å². The fraction of sp³-hybridized carbons (Fsp3) is 0.250. The third-order valence-corrected chi connectivity index (χ3v) is 2.88. The maximum absolute atomic E-state index is 10.4. The molecule has 0 bridgehead atoms. The Morgan fingerprint density at radius 2 is 2.35 bits per heavy atom. The van der Waals surface area contributed by atoms with E-state index in [0.717, 1.165) is 12.1 Å². The monoisotopic (exact) mass is 359 g/mol. The Bertz CT molecular complexity index is 523. The number of carboxylic acids is 1. The summed E-state index contributed by atoms with van der Waals surface area (Å²) in [5, 5.41) is 15.9. The highest BCUT2D eigenvalue weighted by atomic mass is 79.9. The molecule has 0 aliphatic rings. The Kier molecular flexibility index (Phi) is 6.96. The number of hydrogen-bond donors (Lipinski definition) is 3. The number of benzene rings is 1. The molecule has 3 N–H and O–H groups in total. The van der Waals surface area contributed by atoms with Gasteiger partial charge in [0.25, 0.3) is 0 Å². The number of carbonyl (C=O) groups is 1. The van der Waals surface area contributed by atoms with E-state index in [1.807, 2.05) is 6.92 Å². The Balaban J connectivity index is 2.60. The standard InChI is InChI=1S/C12H14BrN3O3S/c1-2-14-12(20)16-15-6-8-3-4-10(9(13)5-8)19-7-11(17)18/h3-6H,2,7H2,1H3,(H,17,18)(H2,14,16,20)/b15-6-. The summed E-state index contributed by atoms with van der Waals surface area (Å²) in [6, 6.07) is 5.18. The second-order valence-electron chi connectivity index (χ2n) is 3.60. The highest BCUT2D eigenvalue weighted by Gasteiger charge is 2.04. The Hall–Kier alpha value is -1.67. The molecule has 0 heterocycles. The number of hydrazone groups is 1. The maximum atomic E-state index is 10.4. The third kappa shape index (κ3) is 5.98. The van der Waals surface area contributed by atoms with Crippen molar-refractivity contribution in [3.63, 3.8) is 0 Å². The van der Waals surface area contributed by atoms with Crippen molar-refractivity contribution in [1.29, 1.82) is 0 Å². The number of carboxylic acid groups (broad SMARTS) is 1. The van der Waals surface area contributed by atoms with Crippen molar-refractivity contribution in [3.05, 3.63) is 28.2 Å². The van der Waals surface area contributed by atoms with E-state index in [4.69, 9.17) is 22.1 Å². The zero-order valence-corrected chi connectivity index (χ0v) is 13.1. The fourth-order valence-corrected chi connectivity index (χ4v) is 1.93. The van der Waals surface area contributed by atoms with Crippen LogP contribution in [0.5, 0.6) is 5.75 Å². The van der Waals surface area contributed by atoms with Crippen molar-refractivity contribution in [3.8, 4) is 5.75 Å². The van der Waals surface area contributed by atoms with Crippen LogP contribution < -0.4 is 15.5 Å². The Morgan fingerprint density at radius 3 is 2.95 bits per heavy atom. The van der Waals surface area contributed by atoms with Crippen molar-refractivity contribution in [1.82, 2.24) is 10.7 Å². The fourth-order valence-electron chi connectivity index (χ4n) is 1.22. The van der Waals surface area contributed by atoms with E-state index in [1.165, 1.54) is 0 Å². The number of nitrogens with one attached hydrogen (secondary N) is 2. The van der Waals surface area contributed by atoms with Crippen LogP contribution in [0.25, 0.3) is 0 Å². The van der Waals surface area contributed by atoms with Gasteiger partial charge in [0, 0.05) is 6.54 Å². The summed E-state index contributed by atoms with van der Waals surface area (Å²) in [5.41, 5.74) is 3.48. The van der Waals surface area contributed by atoms with Crippen molar-refractivity contribution < 1.29 is 14.6 Å². The molecule has 6 nitrogen and oxygen atoms in total. The lowest BCUT2D eigenvalue weighted by Crippen LogP contribution is -2.31. The van der Waals surface area contributed by atoms with Gasteiger partial charge >= 0.3 is 5.97 Å². The van der Waals surface area contributed by atoms with Crippen molar-refractivity contribution in [2.75, 3.05) is 13.2 Å². The van der Waals surface area contributed by atoms with E-state index in [1.54, 1.807) is 24.4 Å². The van der Waals surface area contributed by atoms with Gasteiger partial charge in [0.1, 0.15) is 5.75 Å². The largest absolute Gasteiger partial charge is 0.481 e. The van der Waals surface area contributed by atoms with Gasteiger partial charge in [-0.3, -0.25) is 5.43 Å². The minimum atomic E-state index is -1.02. The first-order chi connectivity index (χ1) is 9.52. The molecule has 0 saturated heterocycles. The topological polar surface area (TPSA) is 83.0 Å². The zero-order chi connectivity index (χ0) is 15.0. The number of ether oxygens (including phenoxy) is 1. The molecule has 0 amide bonds. The van der Waals surface area contributed by atoms with Gasteiger partial charge in [-0.15, -0.1) is 0 Å². The van der Waals surface area contributed by atoms with E-state index in [0.29, 0.717) is 15.3 Å². The van der Waals surface area contributed by atoms with Gasteiger partial charge in [0.2, 0.25) is 0 Å². The van der Waals surface area contributed by atoms with Crippen LogP contribution in [0.3, 0.4) is 0 Å². The minimum Gasteiger partial charge on any atom is -0.481 e. The molecule has 0 aliphatic carbocycles. The molecule has 0 aliphatic heterocycles. The SMILES string of the molecule is CCNC(=S)N/N=C\c1ccc(OCC(=O)O)c(Br)c1. The highest BCUT2D eigenvalue weighted by molar-refractivity contribution is 9.10. The van der Waals surface area contributed by atoms with Crippen LogP contribution in [0.1, 0.15) is 12.5 Å². The molecule has 1 aromatic rings. The minimum absolute atomic E-state index is 0.384. The molecule has 1 rings (SSSR count). The summed E-state index contributed by atoms with van der Waals surface area (Å²) < 4.78 is 5.74. The van der Waals surface area contributed by atoms with E-state index in [2.05, 4.69) is 31.8 Å². The smallest absolute Gasteiger partial charge is 0.341 e. The summed E-state index contributed by atoms with van der Waals surface area (Å²) >= 11 is 8.26. The molecule has 0 spiro atoms. The molecule has 0 aromatic heterocycles. The lowest BCUT2D eigenvalue weighted by atomic mass is 10.2. The normalized spacial score (nSPS) is 10.3. The quantitative estimate of drug-likeness (QED) is 0.407. The van der Waals surface area contributed by atoms with Crippen molar-refractivity contribution >= 4 is 45.4 Å². The molecule has 20 heavy (non-hydrogen) atoms. The van der Waals surface area contributed by atoms with E-state index < -0.39 is 5.97 Å². The molecule has 0 fully saturated rings. The molecular formula is C12H14BrN3O3S. The summed E-state index contributed by atoms with van der Waals surface area (Å²) in [6.45, 7) is 2.28. The van der Waals surface area contributed by atoms with Crippen LogP contribution in [0.15, 0.2) is 27.8 Å². The van der Waals surface area contributed by atoms with Gasteiger partial charge in [-0.05, 0) is 58.8 Å². The lowest BCUT2D eigenvalue weighted by molar-refractivity contribution is -0.139. The van der Waals surface area contributed by atoms with Crippen LogP contribution in [0.2, 0.25) is 0 Å². The lowest BCUT2D eigenvalue weighted by Gasteiger charge is -2.06. The average molecular weight is 360 g/mol. The van der Waals surface area contributed by atoms with Crippen LogP contribution >= 0.6 is 28.1 Å². The van der Waals surface area contributed by atoms with E-state index >= 15 is 0 Å². The second-order valence-corrected chi connectivity index (χ2v) is 4.86. The van der Waals surface area contributed by atoms with Crippen molar-refractivity contribution in [2.24, 2.45) is 5.10 Å². The van der Waals surface area contributed by atoms with Crippen LogP contribution in [-0.2, 0) is 4.79 Å². The molecule has 8 heteroatoms. The van der Waals surface area contributed by atoms with Gasteiger partial charge in [-0.25, -0.2) is 4.79 Å². The predicted molar refractivity (Wildman–Crippen MR) is 84.3 cm³/mol. The first-order valence-corrected chi connectivity index (χ1v) is 6.94. The molecule has 108 valence electrons. The van der Waals surface area contributed by atoms with Crippen LogP contribution in [0.4, 0.5) is 0 Å². The predicted octanol–water partition coefficient (Wildman–Crippen LogP) is 1.73. The number of nitrogens with zero attached hydrogens (tertiary/aromatic N) is 1. The first-order valence-electron chi connectivity index (χ1n) is 5.74. The molecule has 1 aromatic carbocycles. The van der Waals surface area contributed by atoms with E-state index in [9.17, 15) is 4.79 Å². The van der Waals surface area contributed by atoms with Crippen LogP contribution in [-0.4, -0.2) is 35.6 Å². The Labute approximate surface area is 130 Å². The molecule has 0 saturated carbocycles. The maximum Gasteiger partial charge on any atom is 0.341 e. The summed E-state index contributed by atoms with van der Waals surface area (Å²) in [5.74, 6) is -0.565. The average Bonchev–Trinajstić information content (AvgIpc) is 2.38. The molecule has 0 radical (unpaired) electrons. The van der Waals surface area contributed by atoms with Gasteiger partial charge in [-0.1, -0.05) is 0 Å². The first kappa shape index (κ1) is 16.4. The summed E-state index contributed by atoms with van der Waals surface area (Å²) in [6.07, 6.45) is 1.59. The van der Waals surface area contributed by atoms with Gasteiger partial charge < -0.3 is 15.2 Å². The Morgan fingerprint density at radius 1 is 1.60 bits per heavy atom. The van der Waals surface area contributed by atoms with Gasteiger partial charge in [0.15, 0.2) is 11.7 Å². The molecule has 0 unspecified atom stereocenters. The molecular weight excluding hydrogens is 346 g/mol. The summed E-state index contributed by atoms with van der Waals surface area (Å²) in [4.78, 5) is 10.4. The zero-order valence-electron chi connectivity index (χ0n) is 10.7. The van der Waals surface area contributed by atoms with Crippen LogP contribution in [0, 0.1) is 0 Å². The van der Waals surface area contributed by atoms with E-state index in [-0.39, 0.29) is 6.61 Å². The number of rotatable bonds is 6. The summed E-state index contributed by atoms with van der Waals surface area (Å²) in [7, 11) is 0. The second kappa shape index (κ2) is 8.49. The molecule has 0 atom stereocenters. The highest BCUT2D eigenvalue weighted by Crippen LogP contribution is 2.25.